The molecule has 0 aliphatic heterocycles. The lowest BCUT2D eigenvalue weighted by molar-refractivity contribution is 0.411. The van der Waals surface area contributed by atoms with E-state index < -0.39 is 0 Å². The summed E-state index contributed by atoms with van der Waals surface area (Å²) >= 11 is 0. The van der Waals surface area contributed by atoms with Crippen LogP contribution in [0.5, 0.6) is 5.75 Å². The van der Waals surface area contributed by atoms with Crippen LogP contribution in [-0.2, 0) is 13.6 Å². The van der Waals surface area contributed by atoms with E-state index in [0.29, 0.717) is 143 Å². The van der Waals surface area contributed by atoms with Crippen LogP contribution < -0.4 is 59.4 Å². The largest absolute Gasteiger partial charge is 0.494 e. The molecule has 8 aromatic carbocycles. The highest BCUT2D eigenvalue weighted by Crippen LogP contribution is 2.39. The number of rotatable bonds is 22. The third-order valence-electron chi connectivity index (χ3n) is 25.0. The predicted molar refractivity (Wildman–Crippen MR) is 583 cm³/mol. The molecule has 0 spiro atoms. The maximum Gasteiger partial charge on any atom is 0.264 e. The van der Waals surface area contributed by atoms with Gasteiger partial charge in [0.15, 0.2) is 17.4 Å². The summed E-state index contributed by atoms with van der Waals surface area (Å²) in [7, 11) is 3.26. The summed E-state index contributed by atoms with van der Waals surface area (Å²) in [5.74, 6) is 5.35. The van der Waals surface area contributed by atoms with E-state index in [-0.39, 0.29) is 57.5 Å². The SMILES string of the molecule is [C-]#[N+]c1cnc(C)nc1N[C@@H](C)c1cc2cccc(-c3cc(C)c(=O)n(C)c3)c2c(=O)n1-c1ccccc1.[C-]#[N+]c1cnc(C)nc1N[C@@H](C)c1cc2cccc(-c3ccc(=O)n(CC)c3)c2c(=O)n1-c1ccccc1.[C-]#[N+]c1cnc(C)nc1N[C@@H](C)c1cc2cccc(-c3ncc(OC)cn3)c2c(=O)n1-c1ccccc1.[C-]#[N+]c1cnc(C)nc1N[C@@H](C)c1cc2cccc(-c3nccc(C)n3)c2c(=O)n1-c1ccccc1. The molecule has 0 aliphatic rings. The molecular weight excluding hydrogens is 1870 g/mol. The number of fused-ring (bicyclic) bond motifs is 4. The second-order valence-electron chi connectivity index (χ2n) is 35.1. The number of aryl methyl sites for hydroxylation is 8. The first-order valence-electron chi connectivity index (χ1n) is 47.6. The molecule has 0 saturated carbocycles. The Labute approximate surface area is 855 Å². The predicted octanol–water partition coefficient (Wildman–Crippen LogP) is 22.0. The maximum atomic E-state index is 14.3. The fourth-order valence-electron chi connectivity index (χ4n) is 17.9. The van der Waals surface area contributed by atoms with Crippen LogP contribution in [0, 0.1) is 67.8 Å². The lowest BCUT2D eigenvalue weighted by Crippen LogP contribution is -2.26. The van der Waals surface area contributed by atoms with Crippen molar-refractivity contribution in [2.24, 2.45) is 7.05 Å². The molecule has 0 unspecified atom stereocenters. The summed E-state index contributed by atoms with van der Waals surface area (Å²) in [6.45, 7) is 50.9. The van der Waals surface area contributed by atoms with Gasteiger partial charge in [0.2, 0.25) is 22.7 Å². The second-order valence-corrected chi connectivity index (χ2v) is 35.1. The zero-order valence-corrected chi connectivity index (χ0v) is 83.5. The van der Waals surface area contributed by atoms with Crippen LogP contribution in [0.3, 0.4) is 0 Å². The van der Waals surface area contributed by atoms with Crippen LogP contribution >= 0.6 is 0 Å². The Hall–Kier alpha value is -20.1. The molecule has 4 atom stereocenters. The molecule has 0 aliphatic carbocycles. The minimum atomic E-state index is -0.370. The molecule has 33 nitrogen and oxygen atoms in total. The first-order chi connectivity index (χ1) is 72.1. The maximum absolute atomic E-state index is 14.3. The lowest BCUT2D eigenvalue weighted by atomic mass is 9.98. The van der Waals surface area contributed by atoms with Crippen molar-refractivity contribution < 1.29 is 4.74 Å². The zero-order valence-electron chi connectivity index (χ0n) is 83.5. The van der Waals surface area contributed by atoms with Gasteiger partial charge in [0.05, 0.1) is 91.5 Å². The van der Waals surface area contributed by atoms with Crippen molar-refractivity contribution in [1.29, 1.82) is 0 Å². The molecule has 12 aromatic heterocycles. The number of hydrogen-bond acceptors (Lipinski definition) is 23. The van der Waals surface area contributed by atoms with Crippen molar-refractivity contribution >= 4 is 89.1 Å². The van der Waals surface area contributed by atoms with E-state index in [9.17, 15) is 28.8 Å². The van der Waals surface area contributed by atoms with E-state index in [0.717, 1.165) is 83.6 Å². The Kier molecular flexibility index (Phi) is 29.8. The molecule has 149 heavy (non-hydrogen) atoms. The third-order valence-corrected chi connectivity index (χ3v) is 25.0. The molecule has 20 aromatic rings. The van der Waals surface area contributed by atoms with Crippen LogP contribution in [0.15, 0.2) is 327 Å². The monoisotopic (exact) mass is 1970 g/mol. The highest BCUT2D eigenvalue weighted by molar-refractivity contribution is 6.00. The summed E-state index contributed by atoms with van der Waals surface area (Å²) in [5.41, 5.74) is 12.0. The van der Waals surface area contributed by atoms with Gasteiger partial charge in [0, 0.05) is 131 Å². The van der Waals surface area contributed by atoms with E-state index in [1.807, 2.05) is 272 Å². The van der Waals surface area contributed by atoms with Crippen molar-refractivity contribution in [1.82, 2.24) is 87.2 Å². The highest BCUT2D eigenvalue weighted by Gasteiger charge is 2.28. The quantitative estimate of drug-likeness (QED) is 0.0458. The molecule has 0 radical (unpaired) electrons. The summed E-state index contributed by atoms with van der Waals surface area (Å²) in [6.07, 6.45) is 14.4. The summed E-state index contributed by atoms with van der Waals surface area (Å²) in [6, 6.07) is 74.1. The van der Waals surface area contributed by atoms with Crippen LogP contribution in [0.1, 0.15) is 116 Å². The van der Waals surface area contributed by atoms with Gasteiger partial charge in [-0.1, -0.05) is 146 Å². The van der Waals surface area contributed by atoms with Gasteiger partial charge >= 0.3 is 0 Å². The summed E-state index contributed by atoms with van der Waals surface area (Å²) in [4.78, 5) is 148. The number of benzene rings is 8. The minimum absolute atomic E-state index is 0.0726. The Balaban J connectivity index is 0.000000135. The number of para-hydroxylation sites is 4. The van der Waals surface area contributed by atoms with Crippen LogP contribution in [0.25, 0.3) is 130 Å². The van der Waals surface area contributed by atoms with Crippen LogP contribution in [0.2, 0.25) is 0 Å². The second kappa shape index (κ2) is 44.2. The topological polar surface area (TPSA) is 361 Å². The normalized spacial score (nSPS) is 11.7. The fourth-order valence-corrected chi connectivity index (χ4v) is 17.9. The van der Waals surface area contributed by atoms with Crippen LogP contribution in [0.4, 0.5) is 46.0 Å². The number of nitrogens with zero attached hydrogens (tertiary/aromatic N) is 22. The van der Waals surface area contributed by atoms with Crippen molar-refractivity contribution in [2.75, 3.05) is 28.4 Å². The molecular formula is C116H98N26O7. The molecule has 20 rings (SSSR count). The number of anilines is 4. The molecule has 734 valence electrons. The van der Waals surface area contributed by atoms with E-state index in [2.05, 4.69) is 100 Å². The standard InChI is InChI=1S/2C30H26N6O2.C28H23N7O2.C28H23N7O/c1-18-14-22(17-35(5)29(18)37)24-13-9-10-21-15-26(19(2)33-28-25(31-4)16-32-20(3)34-28)36(30(38)27(21)24)23-11-7-6-8-12-23;1-5-35-18-22(14-15-27(35)37)24-13-9-10-21-16-26(19(2)33-29-25(31-4)17-32-20(3)34-29)36(30(38)28(21)24)23-11-7-6-8-12-23;1-17(33-27-23(29-3)16-30-18(2)34-27)24-13-19-9-8-12-22(26-31-14-21(37-4)15-32-26)25(19)28(36)35(24)20-10-6-5-7-11-20;1-17-13-14-30-26(32-17)22-12-8-9-20-15-24(18(2)33-27-23(29-4)16-31-19(3)34-27)35(28(36)25(20)22)21-10-6-5-7-11-21/h6-17,19H,1-3,5H3,(H,32,33,34);6-19H,5H2,1-3H3,(H,32,33,34);5-17H,1-2,4H3,(H,30,33,34);5-16,18H,1-3H3,(H,31,33,34)/t2*19-;17-;18-/m0000/s1. The number of methoxy groups -OCH3 is 1. The molecule has 4 N–H and O–H groups in total. The van der Waals surface area contributed by atoms with Crippen LogP contribution in [-0.4, -0.2) is 94.3 Å². The first-order valence-corrected chi connectivity index (χ1v) is 47.6. The number of aromatic nitrogens is 18. The number of nitrogens with one attached hydrogen (secondary N) is 4. The van der Waals surface area contributed by atoms with E-state index in [1.165, 1.54) is 35.4 Å². The molecule has 12 heterocycles. The Morgan fingerprint density at radius 3 is 0.973 bits per heavy atom. The summed E-state index contributed by atoms with van der Waals surface area (Å²) < 4.78 is 15.1. The van der Waals surface area contributed by atoms with Gasteiger partial charge in [-0.05, 0) is 211 Å². The van der Waals surface area contributed by atoms with Gasteiger partial charge < -0.3 is 35.1 Å². The molecule has 33 heteroatoms. The van der Waals surface area contributed by atoms with Crippen molar-refractivity contribution in [3.05, 3.63) is 464 Å². The number of pyridine rings is 6. The van der Waals surface area contributed by atoms with Crippen molar-refractivity contribution in [3.8, 4) is 73.5 Å². The van der Waals surface area contributed by atoms with Crippen molar-refractivity contribution in [2.45, 2.75) is 107 Å². The minimum Gasteiger partial charge on any atom is -0.494 e. The summed E-state index contributed by atoms with van der Waals surface area (Å²) in [5, 5.41) is 18.6. The van der Waals surface area contributed by atoms with Gasteiger partial charge in [0.1, 0.15) is 46.6 Å². The average molecular weight is 1970 g/mol. The molecule has 0 saturated heterocycles. The van der Waals surface area contributed by atoms with Gasteiger partial charge in [0.25, 0.3) is 33.4 Å². The Morgan fingerprint density at radius 1 is 0.336 bits per heavy atom. The molecule has 0 bridgehead atoms. The molecule has 0 amide bonds. The number of ether oxygens (including phenoxy) is 1. The van der Waals surface area contributed by atoms with Gasteiger partial charge in [-0.25, -0.2) is 59.3 Å². The molecule has 0 fully saturated rings. The fraction of sp³-hybridized carbons (Fsp3) is 0.155. The van der Waals surface area contributed by atoms with Gasteiger partial charge in [-0.15, -0.1) is 0 Å². The zero-order chi connectivity index (χ0) is 105. The van der Waals surface area contributed by atoms with Gasteiger partial charge in [-0.2, -0.15) is 0 Å². The number of hydrogen-bond donors (Lipinski definition) is 4. The third kappa shape index (κ3) is 21.3. The lowest BCUT2D eigenvalue weighted by Gasteiger charge is -2.22. The smallest absolute Gasteiger partial charge is 0.264 e. The van der Waals surface area contributed by atoms with E-state index >= 15 is 0 Å². The average Bonchev–Trinajstić information content (AvgIpc) is 0.756. The van der Waals surface area contributed by atoms with E-state index in [4.69, 9.17) is 31.0 Å². The van der Waals surface area contributed by atoms with Crippen molar-refractivity contribution in [3.63, 3.8) is 0 Å². The highest BCUT2D eigenvalue weighted by atomic mass is 16.5. The van der Waals surface area contributed by atoms with E-state index in [1.54, 1.807) is 109 Å². The Bertz CT molecular complexity index is 9120. The first kappa shape index (κ1) is 100. The Morgan fingerprint density at radius 2 is 0.658 bits per heavy atom. The van der Waals surface area contributed by atoms with Gasteiger partial charge in [-0.3, -0.25) is 67.0 Å².